The molecule has 1 saturated carbocycles. The SMILES string of the molecule is C/C=C(\C)C(=O)OCN1C2CC(O)C[C@@H]1C2. The maximum atomic E-state index is 11.4. The second kappa shape index (κ2) is 4.55. The van der Waals surface area contributed by atoms with Crippen molar-refractivity contribution in [2.45, 2.75) is 51.3 Å². The molecule has 0 amide bonds. The smallest absolute Gasteiger partial charge is 0.334 e. The first-order chi connectivity index (χ1) is 7.61. The molecule has 3 fully saturated rings. The van der Waals surface area contributed by atoms with Crippen molar-refractivity contribution in [2.75, 3.05) is 6.73 Å². The molecule has 2 saturated heterocycles. The number of allylic oxidation sites excluding steroid dienone is 1. The van der Waals surface area contributed by atoms with E-state index in [9.17, 15) is 9.90 Å². The molecule has 3 rings (SSSR count). The molecule has 2 bridgehead atoms. The lowest BCUT2D eigenvalue weighted by Gasteiger charge is -2.53. The van der Waals surface area contributed by atoms with E-state index in [1.54, 1.807) is 13.0 Å². The number of ether oxygens (including phenoxy) is 1. The van der Waals surface area contributed by atoms with E-state index < -0.39 is 0 Å². The van der Waals surface area contributed by atoms with Gasteiger partial charge in [-0.05, 0) is 33.1 Å². The Labute approximate surface area is 95.9 Å². The second-order valence-corrected chi connectivity index (χ2v) is 4.72. The van der Waals surface area contributed by atoms with Crippen LogP contribution in [-0.2, 0) is 9.53 Å². The van der Waals surface area contributed by atoms with Gasteiger partial charge in [-0.3, -0.25) is 4.90 Å². The highest BCUT2D eigenvalue weighted by Crippen LogP contribution is 2.37. The zero-order valence-corrected chi connectivity index (χ0v) is 9.85. The fourth-order valence-corrected chi connectivity index (χ4v) is 2.51. The normalized spacial score (nSPS) is 34.4. The molecular formula is C12H19NO3. The molecule has 4 heteroatoms. The van der Waals surface area contributed by atoms with Gasteiger partial charge in [0.1, 0.15) is 6.73 Å². The molecule has 0 aromatic heterocycles. The van der Waals surface area contributed by atoms with Crippen LogP contribution in [-0.4, -0.2) is 40.9 Å². The summed E-state index contributed by atoms with van der Waals surface area (Å²) in [5.74, 6) is -0.243. The average molecular weight is 225 g/mol. The van der Waals surface area contributed by atoms with E-state index in [2.05, 4.69) is 4.90 Å². The van der Waals surface area contributed by atoms with E-state index >= 15 is 0 Å². The molecule has 2 aliphatic heterocycles. The number of piperidine rings is 1. The molecule has 0 aromatic rings. The lowest BCUT2D eigenvalue weighted by Crippen LogP contribution is -2.62. The van der Waals surface area contributed by atoms with Crippen LogP contribution in [0.2, 0.25) is 0 Å². The third-order valence-electron chi connectivity index (χ3n) is 3.67. The Morgan fingerprint density at radius 3 is 2.62 bits per heavy atom. The minimum atomic E-state index is -0.243. The van der Waals surface area contributed by atoms with Gasteiger partial charge in [-0.25, -0.2) is 4.79 Å². The number of carbonyl (C=O) groups is 1. The van der Waals surface area contributed by atoms with Crippen LogP contribution in [0.15, 0.2) is 11.6 Å². The molecule has 3 aliphatic rings. The minimum absolute atomic E-state index is 0.159. The summed E-state index contributed by atoms with van der Waals surface area (Å²) in [6.07, 6.45) is 4.36. The van der Waals surface area contributed by atoms with Crippen molar-refractivity contribution in [1.82, 2.24) is 4.90 Å². The summed E-state index contributed by atoms with van der Waals surface area (Å²) >= 11 is 0. The quantitative estimate of drug-likeness (QED) is 0.576. The topological polar surface area (TPSA) is 49.8 Å². The molecule has 0 radical (unpaired) electrons. The third kappa shape index (κ3) is 2.13. The maximum Gasteiger partial charge on any atom is 0.334 e. The molecule has 2 heterocycles. The number of rotatable bonds is 3. The third-order valence-corrected chi connectivity index (χ3v) is 3.67. The van der Waals surface area contributed by atoms with E-state index in [0.717, 1.165) is 19.3 Å². The van der Waals surface area contributed by atoms with Crippen LogP contribution < -0.4 is 0 Å². The summed E-state index contributed by atoms with van der Waals surface area (Å²) in [6, 6.07) is 0.819. The van der Waals surface area contributed by atoms with Gasteiger partial charge in [-0.15, -0.1) is 0 Å². The number of carbonyl (C=O) groups excluding carboxylic acids is 1. The Kier molecular flexibility index (Phi) is 3.30. The minimum Gasteiger partial charge on any atom is -0.446 e. The van der Waals surface area contributed by atoms with Crippen molar-refractivity contribution in [1.29, 1.82) is 0 Å². The number of esters is 1. The van der Waals surface area contributed by atoms with E-state index in [0.29, 0.717) is 24.4 Å². The first-order valence-corrected chi connectivity index (χ1v) is 5.85. The fraction of sp³-hybridized carbons (Fsp3) is 0.750. The van der Waals surface area contributed by atoms with Gasteiger partial charge in [0.15, 0.2) is 0 Å². The Bertz CT molecular complexity index is 301. The molecule has 0 aromatic carbocycles. The number of aliphatic hydroxyl groups is 1. The summed E-state index contributed by atoms with van der Waals surface area (Å²) < 4.78 is 5.21. The predicted molar refractivity (Wildman–Crippen MR) is 59.7 cm³/mol. The Morgan fingerprint density at radius 2 is 2.06 bits per heavy atom. The summed E-state index contributed by atoms with van der Waals surface area (Å²) in [5.41, 5.74) is 0.644. The van der Waals surface area contributed by atoms with Crippen LogP contribution in [0.1, 0.15) is 33.1 Å². The summed E-state index contributed by atoms with van der Waals surface area (Å²) in [4.78, 5) is 13.6. The van der Waals surface area contributed by atoms with Gasteiger partial charge in [-0.2, -0.15) is 0 Å². The molecule has 2 unspecified atom stereocenters. The van der Waals surface area contributed by atoms with Gasteiger partial charge in [0.05, 0.1) is 6.10 Å². The van der Waals surface area contributed by atoms with Crippen LogP contribution in [0.3, 0.4) is 0 Å². The van der Waals surface area contributed by atoms with Gasteiger partial charge < -0.3 is 9.84 Å². The van der Waals surface area contributed by atoms with Gasteiger partial charge >= 0.3 is 5.97 Å². The molecule has 16 heavy (non-hydrogen) atoms. The van der Waals surface area contributed by atoms with Crippen molar-refractivity contribution in [3.63, 3.8) is 0 Å². The highest BCUT2D eigenvalue weighted by Gasteiger charge is 2.45. The molecular weight excluding hydrogens is 206 g/mol. The molecule has 1 N–H and O–H groups in total. The van der Waals surface area contributed by atoms with Crippen molar-refractivity contribution in [3.05, 3.63) is 11.6 Å². The predicted octanol–water partition coefficient (Wildman–Crippen LogP) is 1.05. The van der Waals surface area contributed by atoms with E-state index in [-0.39, 0.29) is 12.1 Å². The number of fused-ring (bicyclic) bond motifs is 2. The van der Waals surface area contributed by atoms with Crippen LogP contribution in [0.4, 0.5) is 0 Å². The van der Waals surface area contributed by atoms with Gasteiger partial charge in [0.25, 0.3) is 0 Å². The Hall–Kier alpha value is -0.870. The van der Waals surface area contributed by atoms with Crippen molar-refractivity contribution >= 4 is 5.97 Å². The van der Waals surface area contributed by atoms with E-state index in [1.165, 1.54) is 0 Å². The van der Waals surface area contributed by atoms with Crippen LogP contribution in [0.25, 0.3) is 0 Å². The van der Waals surface area contributed by atoms with Crippen molar-refractivity contribution in [2.24, 2.45) is 0 Å². The molecule has 0 spiro atoms. The van der Waals surface area contributed by atoms with Crippen molar-refractivity contribution in [3.8, 4) is 0 Å². The highest BCUT2D eigenvalue weighted by atomic mass is 16.5. The Morgan fingerprint density at radius 1 is 1.44 bits per heavy atom. The number of nitrogens with zero attached hydrogens (tertiary/aromatic N) is 1. The molecule has 3 atom stereocenters. The summed E-state index contributed by atoms with van der Waals surface area (Å²) in [7, 11) is 0. The standard InChI is InChI=1S/C12H19NO3/c1-3-8(2)12(15)16-7-13-9-4-10(13)6-11(14)5-9/h3,9-11,14H,4-7H2,1-2H3/b8-3+/t9-,10?,11?/m0/s1. The van der Waals surface area contributed by atoms with Gasteiger partial charge in [0.2, 0.25) is 0 Å². The van der Waals surface area contributed by atoms with Crippen molar-refractivity contribution < 1.29 is 14.6 Å². The average Bonchev–Trinajstić information content (AvgIpc) is 2.27. The largest absolute Gasteiger partial charge is 0.446 e. The first kappa shape index (κ1) is 11.6. The lowest BCUT2D eigenvalue weighted by molar-refractivity contribution is -0.162. The number of aliphatic hydroxyl groups excluding tert-OH is 1. The van der Waals surface area contributed by atoms with Gasteiger partial charge in [0, 0.05) is 17.7 Å². The molecule has 90 valence electrons. The summed E-state index contributed by atoms with van der Waals surface area (Å²) in [6.45, 7) is 3.94. The maximum absolute atomic E-state index is 11.4. The summed E-state index contributed by atoms with van der Waals surface area (Å²) in [5, 5.41) is 9.49. The second-order valence-electron chi connectivity index (χ2n) is 4.72. The van der Waals surface area contributed by atoms with E-state index in [1.807, 2.05) is 6.92 Å². The lowest BCUT2D eigenvalue weighted by atomic mass is 9.78. The molecule has 1 aliphatic carbocycles. The zero-order valence-electron chi connectivity index (χ0n) is 9.85. The zero-order chi connectivity index (χ0) is 11.7. The number of hydrogen-bond donors (Lipinski definition) is 1. The van der Waals surface area contributed by atoms with Crippen LogP contribution in [0.5, 0.6) is 0 Å². The molecule has 4 nitrogen and oxygen atoms in total. The van der Waals surface area contributed by atoms with Gasteiger partial charge in [-0.1, -0.05) is 6.08 Å². The fourth-order valence-electron chi connectivity index (χ4n) is 2.51. The van der Waals surface area contributed by atoms with E-state index in [4.69, 9.17) is 4.74 Å². The Balaban J connectivity index is 1.78. The number of hydrogen-bond acceptors (Lipinski definition) is 4. The first-order valence-electron chi connectivity index (χ1n) is 5.85. The van der Waals surface area contributed by atoms with Crippen LogP contribution in [0, 0.1) is 0 Å². The monoisotopic (exact) mass is 225 g/mol. The van der Waals surface area contributed by atoms with Crippen LogP contribution >= 0.6 is 0 Å². The highest BCUT2D eigenvalue weighted by molar-refractivity contribution is 5.87.